The first-order valence-electron chi connectivity index (χ1n) is 6.43. The summed E-state index contributed by atoms with van der Waals surface area (Å²) in [6.45, 7) is 0.702. The summed E-state index contributed by atoms with van der Waals surface area (Å²) < 4.78 is 0. The van der Waals surface area contributed by atoms with E-state index >= 15 is 0 Å². The number of nitrogens with zero attached hydrogens (tertiary/aromatic N) is 1. The van der Waals surface area contributed by atoms with E-state index in [9.17, 15) is 4.79 Å². The Morgan fingerprint density at radius 3 is 2.63 bits per heavy atom. The van der Waals surface area contributed by atoms with E-state index in [1.165, 1.54) is 0 Å². The van der Waals surface area contributed by atoms with Crippen molar-refractivity contribution in [2.75, 3.05) is 10.6 Å². The fourth-order valence-corrected chi connectivity index (χ4v) is 1.84. The van der Waals surface area contributed by atoms with E-state index in [4.69, 9.17) is 0 Å². The first-order chi connectivity index (χ1) is 9.31. The zero-order valence-electron chi connectivity index (χ0n) is 10.5. The maximum absolute atomic E-state index is 11.6. The second-order valence-electron chi connectivity index (χ2n) is 4.77. The molecule has 1 saturated carbocycles. The van der Waals surface area contributed by atoms with Gasteiger partial charge < -0.3 is 15.6 Å². The van der Waals surface area contributed by atoms with Crippen LogP contribution in [-0.2, 0) is 11.3 Å². The standard InChI is InChI=1S/C14H16N4O/c19-14(10-1-2-10)18-12-5-3-11(4-6-12)16-8-13-7-15-9-17-13/h3-7,9-10,16H,1-2,8H2,(H,15,17)(H,18,19). The molecule has 5 nitrogen and oxygen atoms in total. The van der Waals surface area contributed by atoms with Gasteiger partial charge in [-0.2, -0.15) is 0 Å². The third kappa shape index (κ3) is 3.13. The molecular formula is C14H16N4O. The molecule has 3 N–H and O–H groups in total. The Bertz CT molecular complexity index is 543. The van der Waals surface area contributed by atoms with Crippen molar-refractivity contribution in [3.05, 3.63) is 42.5 Å². The number of amides is 1. The number of H-pyrrole nitrogens is 1. The maximum atomic E-state index is 11.6. The summed E-state index contributed by atoms with van der Waals surface area (Å²) in [5.74, 6) is 0.372. The maximum Gasteiger partial charge on any atom is 0.227 e. The van der Waals surface area contributed by atoms with Crippen LogP contribution in [0.15, 0.2) is 36.8 Å². The van der Waals surface area contributed by atoms with E-state index < -0.39 is 0 Å². The average molecular weight is 256 g/mol. The zero-order chi connectivity index (χ0) is 13.1. The van der Waals surface area contributed by atoms with Crippen LogP contribution in [0.1, 0.15) is 18.5 Å². The van der Waals surface area contributed by atoms with Crippen molar-refractivity contribution in [2.24, 2.45) is 5.92 Å². The van der Waals surface area contributed by atoms with Crippen molar-refractivity contribution >= 4 is 17.3 Å². The third-order valence-corrected chi connectivity index (χ3v) is 3.14. The van der Waals surface area contributed by atoms with Crippen LogP contribution in [0.25, 0.3) is 0 Å². The summed E-state index contributed by atoms with van der Waals surface area (Å²) in [7, 11) is 0. The Balaban J connectivity index is 1.54. The van der Waals surface area contributed by atoms with Gasteiger partial charge in [0.05, 0.1) is 18.6 Å². The molecule has 0 saturated heterocycles. The largest absolute Gasteiger partial charge is 0.379 e. The molecule has 1 aliphatic carbocycles. The smallest absolute Gasteiger partial charge is 0.227 e. The molecule has 1 aromatic heterocycles. The molecule has 2 aromatic rings. The summed E-state index contributed by atoms with van der Waals surface area (Å²) in [5.41, 5.74) is 2.90. The number of imidazole rings is 1. The summed E-state index contributed by atoms with van der Waals surface area (Å²) in [6.07, 6.45) is 5.50. The summed E-state index contributed by atoms with van der Waals surface area (Å²) in [4.78, 5) is 18.6. The van der Waals surface area contributed by atoms with Crippen LogP contribution in [0, 0.1) is 5.92 Å². The number of anilines is 2. The van der Waals surface area contributed by atoms with Crippen LogP contribution >= 0.6 is 0 Å². The van der Waals surface area contributed by atoms with Gasteiger partial charge in [0.2, 0.25) is 5.91 Å². The predicted octanol–water partition coefficient (Wildman–Crippen LogP) is 2.37. The number of aromatic nitrogens is 2. The Kier molecular flexibility index (Phi) is 3.18. The molecule has 1 aromatic carbocycles. The van der Waals surface area contributed by atoms with Crippen molar-refractivity contribution in [3.63, 3.8) is 0 Å². The molecule has 1 aliphatic rings. The van der Waals surface area contributed by atoms with E-state index in [1.54, 1.807) is 12.5 Å². The van der Waals surface area contributed by atoms with Gasteiger partial charge >= 0.3 is 0 Å². The molecule has 98 valence electrons. The highest BCUT2D eigenvalue weighted by Crippen LogP contribution is 2.30. The highest BCUT2D eigenvalue weighted by Gasteiger charge is 2.29. The number of hydrogen-bond acceptors (Lipinski definition) is 3. The summed E-state index contributed by atoms with van der Waals surface area (Å²) in [5, 5.41) is 6.20. The second-order valence-corrected chi connectivity index (χ2v) is 4.77. The summed E-state index contributed by atoms with van der Waals surface area (Å²) in [6, 6.07) is 7.74. The summed E-state index contributed by atoms with van der Waals surface area (Å²) >= 11 is 0. The molecule has 5 heteroatoms. The van der Waals surface area contributed by atoms with Crippen molar-refractivity contribution in [2.45, 2.75) is 19.4 Å². The minimum atomic E-state index is 0.137. The number of rotatable bonds is 5. The first-order valence-corrected chi connectivity index (χ1v) is 6.43. The minimum absolute atomic E-state index is 0.137. The first kappa shape index (κ1) is 11.8. The molecule has 0 bridgehead atoms. The Morgan fingerprint density at radius 1 is 1.26 bits per heavy atom. The van der Waals surface area contributed by atoms with Crippen LogP contribution in [0.2, 0.25) is 0 Å². The highest BCUT2D eigenvalue weighted by molar-refractivity contribution is 5.94. The topological polar surface area (TPSA) is 69.8 Å². The van der Waals surface area contributed by atoms with Gasteiger partial charge in [-0.15, -0.1) is 0 Å². The van der Waals surface area contributed by atoms with Gasteiger partial charge in [-0.1, -0.05) is 0 Å². The average Bonchev–Trinajstić information content (AvgIpc) is 3.16. The van der Waals surface area contributed by atoms with Gasteiger partial charge in [-0.25, -0.2) is 4.98 Å². The molecule has 0 aliphatic heterocycles. The van der Waals surface area contributed by atoms with Crippen molar-refractivity contribution in [1.82, 2.24) is 9.97 Å². The number of carbonyl (C=O) groups is 1. The van der Waals surface area contributed by atoms with Gasteiger partial charge in [-0.05, 0) is 37.1 Å². The third-order valence-electron chi connectivity index (χ3n) is 3.14. The number of carbonyl (C=O) groups excluding carboxylic acids is 1. The Labute approximate surface area is 111 Å². The normalized spacial score (nSPS) is 14.1. The molecule has 3 rings (SSSR count). The molecule has 1 amide bonds. The quantitative estimate of drug-likeness (QED) is 0.769. The van der Waals surface area contributed by atoms with E-state index in [0.29, 0.717) is 6.54 Å². The van der Waals surface area contributed by atoms with Crippen LogP contribution in [-0.4, -0.2) is 15.9 Å². The fourth-order valence-electron chi connectivity index (χ4n) is 1.84. The van der Waals surface area contributed by atoms with E-state index in [1.807, 2.05) is 24.3 Å². The predicted molar refractivity (Wildman–Crippen MR) is 73.7 cm³/mol. The number of benzene rings is 1. The monoisotopic (exact) mass is 256 g/mol. The van der Waals surface area contributed by atoms with Crippen LogP contribution in [0.3, 0.4) is 0 Å². The molecule has 1 heterocycles. The van der Waals surface area contributed by atoms with Crippen LogP contribution in [0.5, 0.6) is 0 Å². The molecule has 0 spiro atoms. The van der Waals surface area contributed by atoms with Crippen LogP contribution in [0.4, 0.5) is 11.4 Å². The lowest BCUT2D eigenvalue weighted by Crippen LogP contribution is -2.13. The van der Waals surface area contributed by atoms with E-state index in [2.05, 4.69) is 20.6 Å². The Hall–Kier alpha value is -2.30. The van der Waals surface area contributed by atoms with Gasteiger partial charge in [0.25, 0.3) is 0 Å². The van der Waals surface area contributed by atoms with Crippen molar-refractivity contribution in [1.29, 1.82) is 0 Å². The van der Waals surface area contributed by atoms with Gasteiger partial charge in [0.15, 0.2) is 0 Å². The second kappa shape index (κ2) is 5.14. The SMILES string of the molecule is O=C(Nc1ccc(NCc2cnc[nH]2)cc1)C1CC1. The number of hydrogen-bond donors (Lipinski definition) is 3. The van der Waals surface area contributed by atoms with Crippen LogP contribution < -0.4 is 10.6 Å². The lowest BCUT2D eigenvalue weighted by Gasteiger charge is -2.07. The lowest BCUT2D eigenvalue weighted by molar-refractivity contribution is -0.117. The van der Waals surface area contributed by atoms with Gasteiger partial charge in [-0.3, -0.25) is 4.79 Å². The molecule has 0 atom stereocenters. The lowest BCUT2D eigenvalue weighted by atomic mass is 10.2. The number of nitrogens with one attached hydrogen (secondary N) is 3. The van der Waals surface area contributed by atoms with Crippen molar-refractivity contribution in [3.8, 4) is 0 Å². The Morgan fingerprint density at radius 2 is 2.00 bits per heavy atom. The van der Waals surface area contributed by atoms with Gasteiger partial charge in [0, 0.05) is 23.5 Å². The molecule has 19 heavy (non-hydrogen) atoms. The van der Waals surface area contributed by atoms with E-state index in [0.717, 1.165) is 29.9 Å². The fraction of sp³-hybridized carbons (Fsp3) is 0.286. The van der Waals surface area contributed by atoms with Crippen molar-refractivity contribution < 1.29 is 4.79 Å². The van der Waals surface area contributed by atoms with Gasteiger partial charge in [0.1, 0.15) is 0 Å². The highest BCUT2D eigenvalue weighted by atomic mass is 16.2. The zero-order valence-corrected chi connectivity index (χ0v) is 10.5. The van der Waals surface area contributed by atoms with E-state index in [-0.39, 0.29) is 11.8 Å². The minimum Gasteiger partial charge on any atom is -0.379 e. The molecule has 0 radical (unpaired) electrons. The molecule has 0 unspecified atom stereocenters. The number of aromatic amines is 1. The molecular weight excluding hydrogens is 240 g/mol. The molecule has 1 fully saturated rings.